The fraction of sp³-hybridized carbons (Fsp3) is 0.400. The van der Waals surface area contributed by atoms with Crippen molar-refractivity contribution < 1.29 is 22.7 Å². The van der Waals surface area contributed by atoms with E-state index in [-0.39, 0.29) is 42.3 Å². The van der Waals surface area contributed by atoms with E-state index in [1.54, 1.807) is 23.1 Å². The molecule has 152 valence electrons. The molecule has 1 fully saturated rings. The van der Waals surface area contributed by atoms with Gasteiger partial charge in [0.15, 0.2) is 9.84 Å². The zero-order valence-electron chi connectivity index (χ0n) is 15.3. The topological polar surface area (TPSA) is 66.8 Å². The summed E-state index contributed by atoms with van der Waals surface area (Å²) < 4.78 is 43.6. The number of aliphatic hydroxyl groups is 1. The van der Waals surface area contributed by atoms with E-state index in [1.165, 1.54) is 12.1 Å². The fourth-order valence-corrected chi connectivity index (χ4v) is 5.31. The number of benzene rings is 2. The van der Waals surface area contributed by atoms with E-state index < -0.39 is 21.8 Å². The second kappa shape index (κ2) is 9.22. The van der Waals surface area contributed by atoms with Crippen LogP contribution in [0.25, 0.3) is 0 Å². The number of sulfone groups is 1. The zero-order chi connectivity index (χ0) is 20.1. The van der Waals surface area contributed by atoms with Gasteiger partial charge in [-0.3, -0.25) is 4.90 Å². The first-order valence-electron chi connectivity index (χ1n) is 9.07. The van der Waals surface area contributed by atoms with E-state index in [1.807, 2.05) is 18.2 Å². The maximum atomic E-state index is 14.2. The van der Waals surface area contributed by atoms with Crippen molar-refractivity contribution >= 4 is 21.4 Å². The third-order valence-corrected chi connectivity index (χ3v) is 6.88. The molecule has 0 aromatic heterocycles. The van der Waals surface area contributed by atoms with Gasteiger partial charge in [-0.1, -0.05) is 35.9 Å². The highest BCUT2D eigenvalue weighted by Crippen LogP contribution is 2.25. The van der Waals surface area contributed by atoms with Crippen LogP contribution in [0.1, 0.15) is 12.0 Å². The van der Waals surface area contributed by atoms with Crippen LogP contribution < -0.4 is 4.74 Å². The average molecular weight is 428 g/mol. The maximum absolute atomic E-state index is 14.2. The zero-order valence-corrected chi connectivity index (χ0v) is 16.9. The third-order valence-electron chi connectivity index (χ3n) is 4.78. The highest BCUT2D eigenvalue weighted by molar-refractivity contribution is 7.91. The first-order valence-corrected chi connectivity index (χ1v) is 11.3. The smallest absolute Gasteiger partial charge is 0.151 e. The summed E-state index contributed by atoms with van der Waals surface area (Å²) in [6.07, 6.45) is -0.422. The number of nitrogens with zero attached hydrogens (tertiary/aromatic N) is 1. The van der Waals surface area contributed by atoms with Crippen molar-refractivity contribution in [3.05, 3.63) is 64.9 Å². The van der Waals surface area contributed by atoms with Gasteiger partial charge in [-0.25, -0.2) is 12.8 Å². The van der Waals surface area contributed by atoms with E-state index in [9.17, 15) is 17.9 Å². The normalized spacial score (nSPS) is 19.6. The molecule has 0 spiro atoms. The van der Waals surface area contributed by atoms with Crippen LogP contribution in [0.15, 0.2) is 48.5 Å². The van der Waals surface area contributed by atoms with Gasteiger partial charge in [-0.2, -0.15) is 0 Å². The predicted molar refractivity (Wildman–Crippen MR) is 107 cm³/mol. The van der Waals surface area contributed by atoms with Crippen LogP contribution in [-0.2, 0) is 16.4 Å². The van der Waals surface area contributed by atoms with Crippen molar-refractivity contribution in [3.63, 3.8) is 0 Å². The molecule has 1 aliphatic rings. The Balaban J connectivity index is 1.70. The molecule has 1 saturated heterocycles. The molecule has 1 aliphatic heterocycles. The van der Waals surface area contributed by atoms with Crippen LogP contribution >= 0.6 is 11.6 Å². The molecule has 0 bridgehead atoms. The first kappa shape index (κ1) is 21.0. The SMILES string of the molecule is O=S1(=O)CCC(N(Cc2c(F)cccc2Cl)CC(O)COc2ccccc2)C1. The van der Waals surface area contributed by atoms with E-state index >= 15 is 0 Å². The van der Waals surface area contributed by atoms with E-state index in [0.29, 0.717) is 17.7 Å². The summed E-state index contributed by atoms with van der Waals surface area (Å²) in [5, 5.41) is 10.7. The van der Waals surface area contributed by atoms with Crippen molar-refractivity contribution in [2.45, 2.75) is 25.1 Å². The summed E-state index contributed by atoms with van der Waals surface area (Å²) in [6, 6.07) is 13.2. The Hall–Kier alpha value is -1.67. The van der Waals surface area contributed by atoms with Gasteiger partial charge in [0.2, 0.25) is 0 Å². The second-order valence-electron chi connectivity index (χ2n) is 6.96. The molecule has 0 radical (unpaired) electrons. The minimum Gasteiger partial charge on any atom is -0.491 e. The van der Waals surface area contributed by atoms with Gasteiger partial charge < -0.3 is 9.84 Å². The first-order chi connectivity index (χ1) is 13.3. The highest BCUT2D eigenvalue weighted by atomic mass is 35.5. The fourth-order valence-electron chi connectivity index (χ4n) is 3.33. The van der Waals surface area contributed by atoms with Crippen LogP contribution in [-0.4, -0.2) is 55.2 Å². The van der Waals surface area contributed by atoms with Crippen molar-refractivity contribution in [2.24, 2.45) is 0 Å². The molecule has 2 aromatic rings. The summed E-state index contributed by atoms with van der Waals surface area (Å²) in [5.41, 5.74) is 0.296. The van der Waals surface area contributed by atoms with Crippen LogP contribution in [0, 0.1) is 5.82 Å². The van der Waals surface area contributed by atoms with Gasteiger partial charge in [-0.05, 0) is 30.7 Å². The lowest BCUT2D eigenvalue weighted by Crippen LogP contribution is -2.42. The number of ether oxygens (including phenoxy) is 1. The Morgan fingerprint density at radius 3 is 2.61 bits per heavy atom. The number of hydrogen-bond donors (Lipinski definition) is 1. The lowest BCUT2D eigenvalue weighted by molar-refractivity contribution is 0.0520. The van der Waals surface area contributed by atoms with Crippen LogP contribution in [0.2, 0.25) is 5.02 Å². The van der Waals surface area contributed by atoms with Crippen LogP contribution in [0.5, 0.6) is 5.75 Å². The Morgan fingerprint density at radius 2 is 1.96 bits per heavy atom. The average Bonchev–Trinajstić information content (AvgIpc) is 3.03. The molecule has 0 saturated carbocycles. The molecule has 1 heterocycles. The van der Waals surface area contributed by atoms with Crippen LogP contribution in [0.3, 0.4) is 0 Å². The molecule has 28 heavy (non-hydrogen) atoms. The standard InChI is InChI=1S/C20H23ClFNO4S/c21-19-7-4-8-20(22)18(19)12-23(15-9-10-28(25,26)14-15)11-16(24)13-27-17-5-2-1-3-6-17/h1-8,15-16,24H,9-14H2. The summed E-state index contributed by atoms with van der Waals surface area (Å²) >= 11 is 6.14. The van der Waals surface area contributed by atoms with Gasteiger partial charge in [0.1, 0.15) is 24.3 Å². The van der Waals surface area contributed by atoms with Crippen molar-refractivity contribution in [1.29, 1.82) is 0 Å². The summed E-state index contributed by atoms with van der Waals surface area (Å²) in [4.78, 5) is 1.79. The molecule has 2 aromatic carbocycles. The summed E-state index contributed by atoms with van der Waals surface area (Å²) in [5.74, 6) is 0.267. The number of aliphatic hydroxyl groups excluding tert-OH is 1. The minimum absolute atomic E-state index is 0.00860. The minimum atomic E-state index is -3.13. The van der Waals surface area contributed by atoms with Crippen molar-refractivity contribution in [2.75, 3.05) is 24.7 Å². The van der Waals surface area contributed by atoms with E-state index in [2.05, 4.69) is 0 Å². The molecular weight excluding hydrogens is 405 g/mol. The largest absolute Gasteiger partial charge is 0.491 e. The highest BCUT2D eigenvalue weighted by Gasteiger charge is 2.33. The number of hydrogen-bond acceptors (Lipinski definition) is 5. The molecule has 0 aliphatic carbocycles. The predicted octanol–water partition coefficient (Wildman–Crippen LogP) is 2.91. The summed E-state index contributed by atoms with van der Waals surface area (Å²) in [6.45, 7) is 0.316. The van der Waals surface area contributed by atoms with Crippen molar-refractivity contribution in [1.82, 2.24) is 4.90 Å². The Morgan fingerprint density at radius 1 is 1.21 bits per heavy atom. The quantitative estimate of drug-likeness (QED) is 0.701. The molecule has 5 nitrogen and oxygen atoms in total. The Labute approximate surface area is 169 Å². The van der Waals surface area contributed by atoms with E-state index in [4.69, 9.17) is 16.3 Å². The molecular formula is C20H23ClFNO4S. The van der Waals surface area contributed by atoms with Crippen LogP contribution in [0.4, 0.5) is 4.39 Å². The van der Waals surface area contributed by atoms with Gasteiger partial charge >= 0.3 is 0 Å². The molecule has 3 rings (SSSR count). The van der Waals surface area contributed by atoms with Gasteiger partial charge in [0, 0.05) is 29.7 Å². The van der Waals surface area contributed by atoms with Gasteiger partial charge in [-0.15, -0.1) is 0 Å². The Kier molecular flexibility index (Phi) is 6.93. The van der Waals surface area contributed by atoms with Gasteiger partial charge in [0.25, 0.3) is 0 Å². The third kappa shape index (κ3) is 5.67. The number of rotatable bonds is 8. The monoisotopic (exact) mass is 427 g/mol. The molecule has 2 unspecified atom stereocenters. The maximum Gasteiger partial charge on any atom is 0.151 e. The second-order valence-corrected chi connectivity index (χ2v) is 9.60. The summed E-state index contributed by atoms with van der Waals surface area (Å²) in [7, 11) is -3.13. The Bertz CT molecular complexity index is 874. The molecule has 2 atom stereocenters. The lowest BCUT2D eigenvalue weighted by Gasteiger charge is -2.30. The van der Waals surface area contributed by atoms with E-state index in [0.717, 1.165) is 0 Å². The number of halogens is 2. The molecule has 8 heteroatoms. The number of para-hydroxylation sites is 1. The van der Waals surface area contributed by atoms with Crippen molar-refractivity contribution in [3.8, 4) is 5.75 Å². The molecule has 1 N–H and O–H groups in total. The molecule has 0 amide bonds. The lowest BCUT2D eigenvalue weighted by atomic mass is 10.1. The van der Waals surface area contributed by atoms with Gasteiger partial charge in [0.05, 0.1) is 11.5 Å².